The maximum absolute atomic E-state index is 13.4. The van der Waals surface area contributed by atoms with Crippen LogP contribution in [-0.2, 0) is 0 Å². The van der Waals surface area contributed by atoms with Gasteiger partial charge >= 0.3 is 0 Å². The summed E-state index contributed by atoms with van der Waals surface area (Å²) in [6.45, 7) is 4.68. The van der Waals surface area contributed by atoms with Crippen LogP contribution < -0.4 is 5.32 Å². The van der Waals surface area contributed by atoms with Crippen LogP contribution in [0.5, 0.6) is 0 Å². The highest BCUT2D eigenvalue weighted by Crippen LogP contribution is 2.32. The average Bonchev–Trinajstić information content (AvgIpc) is 3.03. The fourth-order valence-electron chi connectivity index (χ4n) is 3.29. The van der Waals surface area contributed by atoms with Gasteiger partial charge in [0.15, 0.2) is 0 Å². The normalized spacial score (nSPS) is 10.9. The summed E-state index contributed by atoms with van der Waals surface area (Å²) in [5.41, 5.74) is 3.78. The predicted octanol–water partition coefficient (Wildman–Crippen LogP) is 6.17. The molecule has 3 aromatic rings. The number of carbonyl (C=O) groups is 1. The second-order valence-electron chi connectivity index (χ2n) is 6.79. The lowest BCUT2D eigenvalue weighted by molar-refractivity contribution is 0.0952. The predicted molar refractivity (Wildman–Crippen MR) is 113 cm³/mol. The van der Waals surface area contributed by atoms with E-state index in [1.54, 1.807) is 12.1 Å². The molecular formula is C23H24ClFN2O. The molecule has 0 aliphatic heterocycles. The van der Waals surface area contributed by atoms with E-state index in [1.807, 2.05) is 41.8 Å². The number of hydrogen-bond acceptors (Lipinski definition) is 1. The molecule has 1 aromatic heterocycles. The van der Waals surface area contributed by atoms with Crippen LogP contribution in [0.25, 0.3) is 16.9 Å². The monoisotopic (exact) mass is 398 g/mol. The maximum Gasteiger partial charge on any atom is 0.253 e. The quantitative estimate of drug-likeness (QED) is 0.475. The minimum Gasteiger partial charge on any atom is -0.352 e. The number of carbonyl (C=O) groups excluding carboxylic acids is 1. The van der Waals surface area contributed by atoms with E-state index in [9.17, 15) is 9.18 Å². The van der Waals surface area contributed by atoms with E-state index in [1.165, 1.54) is 12.1 Å². The van der Waals surface area contributed by atoms with E-state index < -0.39 is 0 Å². The van der Waals surface area contributed by atoms with Gasteiger partial charge in [-0.05, 0) is 61.4 Å². The Morgan fingerprint density at radius 1 is 1.11 bits per heavy atom. The number of rotatable bonds is 7. The minimum absolute atomic E-state index is 0.109. The van der Waals surface area contributed by atoms with Crippen LogP contribution in [0.1, 0.15) is 42.2 Å². The zero-order valence-electron chi connectivity index (χ0n) is 16.1. The van der Waals surface area contributed by atoms with E-state index >= 15 is 0 Å². The van der Waals surface area contributed by atoms with Gasteiger partial charge in [-0.3, -0.25) is 4.79 Å². The summed E-state index contributed by atoms with van der Waals surface area (Å²) >= 11 is 6.44. The van der Waals surface area contributed by atoms with Crippen molar-refractivity contribution in [2.75, 3.05) is 6.54 Å². The Kier molecular flexibility index (Phi) is 6.53. The van der Waals surface area contributed by atoms with E-state index in [2.05, 4.69) is 12.2 Å². The molecule has 0 radical (unpaired) electrons. The van der Waals surface area contributed by atoms with Crippen molar-refractivity contribution in [1.29, 1.82) is 0 Å². The number of hydrogen-bond donors (Lipinski definition) is 1. The highest BCUT2D eigenvalue weighted by molar-refractivity contribution is 6.32. The van der Waals surface area contributed by atoms with Gasteiger partial charge in [-0.25, -0.2) is 4.39 Å². The SMILES string of the molecule is CCCCCNC(=O)c1cc(-c2ccc(F)cc2)n(-c2ccccc2Cl)c1C. The van der Waals surface area contributed by atoms with Gasteiger partial charge in [-0.15, -0.1) is 0 Å². The Bertz CT molecular complexity index is 963. The third-order valence-electron chi connectivity index (χ3n) is 4.79. The first-order valence-corrected chi connectivity index (χ1v) is 9.92. The number of benzene rings is 2. The molecule has 0 spiro atoms. The summed E-state index contributed by atoms with van der Waals surface area (Å²) in [5, 5.41) is 3.58. The van der Waals surface area contributed by atoms with Gasteiger partial charge in [-0.1, -0.05) is 43.5 Å². The molecule has 5 heteroatoms. The molecule has 3 nitrogen and oxygen atoms in total. The Morgan fingerprint density at radius 3 is 2.50 bits per heavy atom. The molecule has 1 N–H and O–H groups in total. The summed E-state index contributed by atoms with van der Waals surface area (Å²) in [5.74, 6) is -0.409. The molecule has 0 fully saturated rings. The van der Waals surface area contributed by atoms with Crippen LogP contribution in [0.15, 0.2) is 54.6 Å². The third-order valence-corrected chi connectivity index (χ3v) is 5.11. The summed E-state index contributed by atoms with van der Waals surface area (Å²) < 4.78 is 15.4. The van der Waals surface area contributed by atoms with Crippen LogP contribution in [0.3, 0.4) is 0 Å². The first kappa shape index (κ1) is 20.2. The summed E-state index contributed by atoms with van der Waals surface area (Å²) in [7, 11) is 0. The molecule has 0 aliphatic carbocycles. The molecule has 146 valence electrons. The highest BCUT2D eigenvalue weighted by Gasteiger charge is 2.20. The second-order valence-corrected chi connectivity index (χ2v) is 7.19. The van der Waals surface area contributed by atoms with Crippen molar-refractivity contribution >= 4 is 17.5 Å². The van der Waals surface area contributed by atoms with Crippen molar-refractivity contribution in [3.05, 3.63) is 76.7 Å². The minimum atomic E-state index is -0.301. The standard InChI is InChI=1S/C23H24ClFN2O/c1-3-4-7-14-26-23(28)19-15-22(17-10-12-18(25)13-11-17)27(16(19)2)21-9-6-5-8-20(21)24/h5-6,8-13,15H,3-4,7,14H2,1-2H3,(H,26,28). The molecule has 0 saturated heterocycles. The van der Waals surface area contributed by atoms with Crippen molar-refractivity contribution in [1.82, 2.24) is 9.88 Å². The van der Waals surface area contributed by atoms with Crippen molar-refractivity contribution in [3.8, 4) is 16.9 Å². The maximum atomic E-state index is 13.4. The molecule has 0 bridgehead atoms. The largest absolute Gasteiger partial charge is 0.352 e. The number of nitrogens with zero attached hydrogens (tertiary/aromatic N) is 1. The summed E-state index contributed by atoms with van der Waals surface area (Å²) in [6.07, 6.45) is 3.14. The van der Waals surface area contributed by atoms with Gasteiger partial charge in [-0.2, -0.15) is 0 Å². The van der Waals surface area contributed by atoms with E-state index in [-0.39, 0.29) is 11.7 Å². The molecule has 1 amide bonds. The van der Waals surface area contributed by atoms with Crippen molar-refractivity contribution < 1.29 is 9.18 Å². The van der Waals surface area contributed by atoms with Gasteiger partial charge in [0.25, 0.3) is 5.91 Å². The van der Waals surface area contributed by atoms with Gasteiger partial charge in [0.2, 0.25) is 0 Å². The first-order valence-electron chi connectivity index (χ1n) is 9.54. The van der Waals surface area contributed by atoms with Gasteiger partial charge < -0.3 is 9.88 Å². The molecule has 2 aromatic carbocycles. The Morgan fingerprint density at radius 2 is 1.82 bits per heavy atom. The molecule has 0 atom stereocenters. The smallest absolute Gasteiger partial charge is 0.253 e. The van der Waals surface area contributed by atoms with E-state index in [0.29, 0.717) is 17.1 Å². The van der Waals surface area contributed by atoms with Crippen molar-refractivity contribution in [2.45, 2.75) is 33.1 Å². The lowest BCUT2D eigenvalue weighted by Gasteiger charge is -2.14. The lowest BCUT2D eigenvalue weighted by Crippen LogP contribution is -2.24. The second kappa shape index (κ2) is 9.07. The summed E-state index contributed by atoms with van der Waals surface area (Å²) in [4.78, 5) is 12.8. The van der Waals surface area contributed by atoms with Gasteiger partial charge in [0, 0.05) is 12.2 Å². The van der Waals surface area contributed by atoms with Crippen LogP contribution in [0.2, 0.25) is 5.02 Å². The van der Waals surface area contributed by atoms with Crippen LogP contribution in [0, 0.1) is 12.7 Å². The molecular weight excluding hydrogens is 375 g/mol. The molecule has 0 aliphatic rings. The van der Waals surface area contributed by atoms with Crippen LogP contribution in [-0.4, -0.2) is 17.0 Å². The molecule has 28 heavy (non-hydrogen) atoms. The topological polar surface area (TPSA) is 34.0 Å². The highest BCUT2D eigenvalue weighted by atomic mass is 35.5. The fraction of sp³-hybridized carbons (Fsp3) is 0.261. The zero-order chi connectivity index (χ0) is 20.1. The van der Waals surface area contributed by atoms with Crippen LogP contribution in [0.4, 0.5) is 4.39 Å². The van der Waals surface area contributed by atoms with Crippen molar-refractivity contribution in [2.24, 2.45) is 0 Å². The molecule has 0 saturated carbocycles. The first-order chi connectivity index (χ1) is 13.5. The number of aromatic nitrogens is 1. The number of nitrogens with one attached hydrogen (secondary N) is 1. The molecule has 3 rings (SSSR count). The van der Waals surface area contributed by atoms with Crippen molar-refractivity contribution in [3.63, 3.8) is 0 Å². The summed E-state index contributed by atoms with van der Waals surface area (Å²) in [6, 6.07) is 15.6. The van der Waals surface area contributed by atoms with E-state index in [0.717, 1.165) is 41.9 Å². The molecule has 1 heterocycles. The fourth-order valence-corrected chi connectivity index (χ4v) is 3.51. The van der Waals surface area contributed by atoms with Crippen LogP contribution >= 0.6 is 11.6 Å². The van der Waals surface area contributed by atoms with Gasteiger partial charge in [0.05, 0.1) is 22.0 Å². The zero-order valence-corrected chi connectivity index (χ0v) is 16.9. The Hall–Kier alpha value is -2.59. The Balaban J connectivity index is 2.06. The average molecular weight is 399 g/mol. The third kappa shape index (κ3) is 4.28. The number of para-hydroxylation sites is 1. The Labute approximate surface area is 170 Å². The molecule has 0 unspecified atom stereocenters. The number of amides is 1. The van der Waals surface area contributed by atoms with E-state index in [4.69, 9.17) is 11.6 Å². The van der Waals surface area contributed by atoms with Gasteiger partial charge in [0.1, 0.15) is 5.82 Å². The lowest BCUT2D eigenvalue weighted by atomic mass is 10.1. The number of halogens is 2. The number of unbranched alkanes of at least 4 members (excludes halogenated alkanes) is 2.